The van der Waals surface area contributed by atoms with Crippen LogP contribution in [-0.2, 0) is 0 Å². The van der Waals surface area contributed by atoms with Crippen LogP contribution >= 0.6 is 0 Å². The van der Waals surface area contributed by atoms with Gasteiger partial charge in [0.2, 0.25) is 0 Å². The van der Waals surface area contributed by atoms with Gasteiger partial charge in [-0.3, -0.25) is 4.98 Å². The highest BCUT2D eigenvalue weighted by Crippen LogP contribution is 2.24. The van der Waals surface area contributed by atoms with Gasteiger partial charge in [0.25, 0.3) is 0 Å². The van der Waals surface area contributed by atoms with Crippen LogP contribution in [0.5, 0.6) is 0 Å². The Labute approximate surface area is 112 Å². The summed E-state index contributed by atoms with van der Waals surface area (Å²) >= 11 is 0. The molecule has 1 atom stereocenters. The van der Waals surface area contributed by atoms with Gasteiger partial charge in [-0.2, -0.15) is 0 Å². The van der Waals surface area contributed by atoms with E-state index in [2.05, 4.69) is 15.0 Å². The number of amidine groups is 1. The first-order chi connectivity index (χ1) is 9.26. The van der Waals surface area contributed by atoms with Crippen molar-refractivity contribution in [3.8, 4) is 0 Å². The van der Waals surface area contributed by atoms with Crippen molar-refractivity contribution in [2.45, 2.75) is 31.7 Å². The molecule has 0 saturated carbocycles. The van der Waals surface area contributed by atoms with E-state index < -0.39 is 0 Å². The molecule has 1 aliphatic rings. The van der Waals surface area contributed by atoms with Crippen molar-refractivity contribution in [2.75, 3.05) is 18.1 Å². The predicted molar refractivity (Wildman–Crippen MR) is 73.4 cm³/mol. The molecule has 0 bridgehead atoms. The molecule has 1 aromatic heterocycles. The van der Waals surface area contributed by atoms with Gasteiger partial charge >= 0.3 is 0 Å². The fraction of sp³-hybridized carbons (Fsp3) is 0.538. The third-order valence-electron chi connectivity index (χ3n) is 3.53. The third kappa shape index (κ3) is 3.14. The molecule has 4 N–H and O–H groups in total. The summed E-state index contributed by atoms with van der Waals surface area (Å²) in [7, 11) is 0. The van der Waals surface area contributed by atoms with E-state index in [9.17, 15) is 5.11 Å². The number of aromatic nitrogens is 1. The largest absolute Gasteiger partial charge is 0.409 e. The lowest BCUT2D eigenvalue weighted by molar-refractivity contribution is 0.255. The number of anilines is 1. The van der Waals surface area contributed by atoms with Gasteiger partial charge in [0.1, 0.15) is 5.69 Å². The zero-order valence-electron chi connectivity index (χ0n) is 10.9. The molecular weight excluding hydrogens is 244 g/mol. The molecule has 19 heavy (non-hydrogen) atoms. The second-order valence-electron chi connectivity index (χ2n) is 4.76. The minimum Gasteiger partial charge on any atom is -0.409 e. The van der Waals surface area contributed by atoms with Crippen LogP contribution in [0, 0.1) is 0 Å². The fourth-order valence-corrected chi connectivity index (χ4v) is 2.50. The van der Waals surface area contributed by atoms with Crippen LogP contribution in [0.3, 0.4) is 0 Å². The number of hydrogen-bond donors (Lipinski definition) is 3. The van der Waals surface area contributed by atoms with Crippen LogP contribution in [-0.4, -0.2) is 40.3 Å². The second-order valence-corrected chi connectivity index (χ2v) is 4.76. The Morgan fingerprint density at radius 1 is 1.47 bits per heavy atom. The summed E-state index contributed by atoms with van der Waals surface area (Å²) in [5, 5.41) is 21.2. The quantitative estimate of drug-likeness (QED) is 0.326. The molecular formula is C13H20N4O2. The molecule has 1 aliphatic heterocycles. The normalized spacial score (nSPS) is 21.2. The summed E-state index contributed by atoms with van der Waals surface area (Å²) in [6.07, 6.45) is 6.06. The number of aliphatic hydroxyl groups is 1. The number of rotatable bonds is 3. The van der Waals surface area contributed by atoms with Crippen LogP contribution in [0.2, 0.25) is 0 Å². The van der Waals surface area contributed by atoms with Gasteiger partial charge in [-0.15, -0.1) is 0 Å². The number of hydrogen-bond acceptors (Lipinski definition) is 5. The van der Waals surface area contributed by atoms with E-state index >= 15 is 0 Å². The van der Waals surface area contributed by atoms with Crippen molar-refractivity contribution in [1.82, 2.24) is 4.98 Å². The minimum atomic E-state index is -0.00257. The Morgan fingerprint density at radius 3 is 3.05 bits per heavy atom. The van der Waals surface area contributed by atoms with Gasteiger partial charge in [0.15, 0.2) is 5.84 Å². The van der Waals surface area contributed by atoms with Crippen molar-refractivity contribution < 1.29 is 10.3 Å². The zero-order chi connectivity index (χ0) is 13.7. The lowest BCUT2D eigenvalue weighted by Gasteiger charge is -2.30. The topological polar surface area (TPSA) is 95.0 Å². The van der Waals surface area contributed by atoms with Crippen molar-refractivity contribution in [3.05, 3.63) is 24.0 Å². The van der Waals surface area contributed by atoms with Gasteiger partial charge in [-0.25, -0.2) is 0 Å². The second kappa shape index (κ2) is 6.38. The Kier molecular flexibility index (Phi) is 4.57. The first-order valence-corrected chi connectivity index (χ1v) is 6.57. The zero-order valence-corrected chi connectivity index (χ0v) is 10.9. The molecule has 104 valence electrons. The first kappa shape index (κ1) is 13.6. The molecule has 0 spiro atoms. The van der Waals surface area contributed by atoms with Crippen LogP contribution in [0.1, 0.15) is 31.4 Å². The van der Waals surface area contributed by atoms with E-state index in [-0.39, 0.29) is 18.5 Å². The van der Waals surface area contributed by atoms with Crippen LogP contribution in [0.25, 0.3) is 0 Å². The summed E-state index contributed by atoms with van der Waals surface area (Å²) in [5.74, 6) is -0.00257. The first-order valence-electron chi connectivity index (χ1n) is 6.57. The highest BCUT2D eigenvalue weighted by Gasteiger charge is 2.21. The average Bonchev–Trinajstić information content (AvgIpc) is 2.71. The minimum absolute atomic E-state index is 0.00257. The lowest BCUT2D eigenvalue weighted by atomic mass is 10.1. The molecule has 2 heterocycles. The maximum Gasteiger partial charge on any atom is 0.188 e. The number of pyridine rings is 1. The standard InChI is InChI=1S/C13H20N4O2/c14-13(16-19)12-8-10(5-6-15-12)17-7-3-1-2-4-11(17)9-18/h5-6,8,11,18-19H,1-4,7,9H2,(H2,14,16). The Bertz CT molecular complexity index is 450. The van der Waals surface area contributed by atoms with E-state index in [0.717, 1.165) is 31.5 Å². The molecule has 2 rings (SSSR count). The van der Waals surface area contributed by atoms with Crippen molar-refractivity contribution in [3.63, 3.8) is 0 Å². The van der Waals surface area contributed by atoms with Crippen LogP contribution < -0.4 is 10.6 Å². The SMILES string of the molecule is N/C(=N/O)c1cc(N2CCCCCC2CO)ccn1. The molecule has 6 nitrogen and oxygen atoms in total. The van der Waals surface area contributed by atoms with Gasteiger partial charge in [-0.1, -0.05) is 18.0 Å². The highest BCUT2D eigenvalue weighted by molar-refractivity contribution is 5.95. The average molecular weight is 264 g/mol. The number of oxime groups is 1. The van der Waals surface area contributed by atoms with Crippen molar-refractivity contribution in [1.29, 1.82) is 0 Å². The van der Waals surface area contributed by atoms with Crippen LogP contribution in [0.4, 0.5) is 5.69 Å². The molecule has 1 unspecified atom stereocenters. The summed E-state index contributed by atoms with van der Waals surface area (Å²) in [5.41, 5.74) is 6.96. The maximum atomic E-state index is 9.53. The van der Waals surface area contributed by atoms with E-state index in [1.54, 1.807) is 12.3 Å². The van der Waals surface area contributed by atoms with E-state index in [4.69, 9.17) is 10.9 Å². The molecule has 1 aromatic rings. The van der Waals surface area contributed by atoms with Crippen molar-refractivity contribution >= 4 is 11.5 Å². The molecule has 0 aromatic carbocycles. The number of aliphatic hydroxyl groups excluding tert-OH is 1. The summed E-state index contributed by atoms with van der Waals surface area (Å²) in [4.78, 5) is 6.26. The molecule has 0 amide bonds. The molecule has 6 heteroatoms. The van der Waals surface area contributed by atoms with E-state index in [1.165, 1.54) is 6.42 Å². The Balaban J connectivity index is 2.28. The van der Waals surface area contributed by atoms with Gasteiger partial charge in [0.05, 0.1) is 12.6 Å². The molecule has 1 saturated heterocycles. The van der Waals surface area contributed by atoms with E-state index in [1.807, 2.05) is 6.07 Å². The summed E-state index contributed by atoms with van der Waals surface area (Å²) in [6.45, 7) is 1.05. The van der Waals surface area contributed by atoms with Gasteiger partial charge < -0.3 is 20.9 Å². The Morgan fingerprint density at radius 2 is 2.32 bits per heavy atom. The summed E-state index contributed by atoms with van der Waals surface area (Å²) < 4.78 is 0. The molecule has 0 aliphatic carbocycles. The highest BCUT2D eigenvalue weighted by atomic mass is 16.4. The monoisotopic (exact) mass is 264 g/mol. The fourth-order valence-electron chi connectivity index (χ4n) is 2.50. The molecule has 1 fully saturated rings. The third-order valence-corrected chi connectivity index (χ3v) is 3.53. The Hall–Kier alpha value is -1.82. The van der Waals surface area contributed by atoms with Crippen molar-refractivity contribution in [2.24, 2.45) is 10.9 Å². The van der Waals surface area contributed by atoms with Gasteiger partial charge in [-0.05, 0) is 25.0 Å². The van der Waals surface area contributed by atoms with E-state index in [0.29, 0.717) is 5.69 Å². The van der Waals surface area contributed by atoms with Gasteiger partial charge in [0, 0.05) is 18.4 Å². The lowest BCUT2D eigenvalue weighted by Crippen LogP contribution is -2.37. The predicted octanol–water partition coefficient (Wildman–Crippen LogP) is 0.917. The molecule has 0 radical (unpaired) electrons. The number of nitrogens with two attached hydrogens (primary N) is 1. The number of nitrogens with zero attached hydrogens (tertiary/aromatic N) is 3. The summed E-state index contributed by atoms with van der Waals surface area (Å²) in [6, 6.07) is 3.82. The smallest absolute Gasteiger partial charge is 0.188 e. The van der Waals surface area contributed by atoms with Crippen LogP contribution in [0.15, 0.2) is 23.5 Å². The maximum absolute atomic E-state index is 9.53.